The first kappa shape index (κ1) is 35.8. The summed E-state index contributed by atoms with van der Waals surface area (Å²) in [5.74, 6) is 5.03. The SMILES string of the molecule is CC(C)CCC[C@@H](C)[C@H]1CC[C@H]2[C@@H]3CC=C4C[C@@H](OC(=O)NCC[N+](C)(CCO)CCO)CC[C@]4(C)[C@H]3CC[C@]12C.[Br-]. The number of allylic oxidation sites excluding steroid dienone is 1. The van der Waals surface area contributed by atoms with Crippen molar-refractivity contribution in [3.8, 4) is 0 Å². The molecule has 1 amide bonds. The van der Waals surface area contributed by atoms with Crippen LogP contribution in [-0.4, -0.2) is 73.3 Å². The summed E-state index contributed by atoms with van der Waals surface area (Å²) in [7, 11) is 2.00. The molecule has 3 N–H and O–H groups in total. The van der Waals surface area contributed by atoms with Gasteiger partial charge in [-0.2, -0.15) is 0 Å². The number of nitrogens with zero attached hydrogens (tertiary/aromatic N) is 1. The number of ether oxygens (including phenoxy) is 1. The predicted molar refractivity (Wildman–Crippen MR) is 166 cm³/mol. The van der Waals surface area contributed by atoms with E-state index >= 15 is 0 Å². The first-order chi connectivity index (χ1) is 19.5. The molecule has 0 radical (unpaired) electrons. The summed E-state index contributed by atoms with van der Waals surface area (Å²) in [6.07, 6.45) is 16.2. The Morgan fingerprint density at radius 1 is 1.02 bits per heavy atom. The number of aliphatic hydroxyl groups is 2. The molecular weight excluding hydrogens is 592 g/mol. The smallest absolute Gasteiger partial charge is 0.407 e. The molecule has 0 aromatic carbocycles. The molecule has 0 bridgehead atoms. The van der Waals surface area contributed by atoms with E-state index in [2.05, 4.69) is 46.0 Å². The van der Waals surface area contributed by atoms with Gasteiger partial charge in [0.05, 0.1) is 33.4 Å². The molecule has 6 nitrogen and oxygen atoms in total. The molecule has 4 aliphatic rings. The maximum Gasteiger partial charge on any atom is 0.407 e. The number of rotatable bonds is 13. The molecule has 0 heterocycles. The summed E-state index contributed by atoms with van der Waals surface area (Å²) >= 11 is 0. The molecule has 8 atom stereocenters. The Hall–Kier alpha value is -0.630. The first-order valence-corrected chi connectivity index (χ1v) is 17.1. The summed E-state index contributed by atoms with van der Waals surface area (Å²) in [4.78, 5) is 12.7. The molecule has 0 aromatic rings. The van der Waals surface area contributed by atoms with E-state index in [4.69, 9.17) is 4.74 Å². The van der Waals surface area contributed by atoms with Crippen molar-refractivity contribution in [1.82, 2.24) is 5.32 Å². The van der Waals surface area contributed by atoms with E-state index in [1.165, 1.54) is 51.4 Å². The van der Waals surface area contributed by atoms with Crippen molar-refractivity contribution in [1.29, 1.82) is 0 Å². The summed E-state index contributed by atoms with van der Waals surface area (Å²) in [5, 5.41) is 21.7. The number of likely N-dealkylation sites (N-methyl/N-ethyl adjacent to an activating group) is 1. The van der Waals surface area contributed by atoms with Crippen molar-refractivity contribution < 1.29 is 41.2 Å². The number of fused-ring (bicyclic) bond motifs is 5. The van der Waals surface area contributed by atoms with Crippen LogP contribution in [0.25, 0.3) is 0 Å². The highest BCUT2D eigenvalue weighted by atomic mass is 79.9. The van der Waals surface area contributed by atoms with Gasteiger partial charge < -0.3 is 41.7 Å². The fourth-order valence-corrected chi connectivity index (χ4v) is 10.2. The third-order valence-corrected chi connectivity index (χ3v) is 12.7. The third-order valence-electron chi connectivity index (χ3n) is 12.7. The van der Waals surface area contributed by atoms with Gasteiger partial charge in [0.1, 0.15) is 19.2 Å². The number of carbonyl (C=O) groups excluding carboxylic acids is 1. The van der Waals surface area contributed by atoms with E-state index in [1.807, 2.05) is 7.05 Å². The van der Waals surface area contributed by atoms with Crippen LogP contribution in [-0.2, 0) is 4.74 Å². The summed E-state index contributed by atoms with van der Waals surface area (Å²) in [5.41, 5.74) is 2.33. The second kappa shape index (κ2) is 15.1. The minimum atomic E-state index is -0.333. The Balaban J connectivity index is 0.00000484. The molecule has 0 saturated heterocycles. The van der Waals surface area contributed by atoms with Gasteiger partial charge in [-0.15, -0.1) is 0 Å². The molecule has 3 saturated carbocycles. The highest BCUT2D eigenvalue weighted by Gasteiger charge is 2.59. The van der Waals surface area contributed by atoms with Gasteiger partial charge in [-0.1, -0.05) is 65.5 Å². The lowest BCUT2D eigenvalue weighted by Gasteiger charge is -2.58. The van der Waals surface area contributed by atoms with E-state index in [9.17, 15) is 15.0 Å². The highest BCUT2D eigenvalue weighted by molar-refractivity contribution is 5.67. The molecule has 0 spiro atoms. The summed E-state index contributed by atoms with van der Waals surface area (Å²) in [6.45, 7) is 14.9. The Kier molecular flexibility index (Phi) is 12.9. The van der Waals surface area contributed by atoms with E-state index in [1.54, 1.807) is 5.57 Å². The van der Waals surface area contributed by atoms with Crippen LogP contribution in [0, 0.1) is 46.3 Å². The van der Waals surface area contributed by atoms with E-state index < -0.39 is 0 Å². The van der Waals surface area contributed by atoms with E-state index in [0.29, 0.717) is 36.1 Å². The van der Waals surface area contributed by atoms with Gasteiger partial charge in [-0.05, 0) is 91.3 Å². The monoisotopic (exact) mass is 654 g/mol. The molecule has 42 heavy (non-hydrogen) atoms. The van der Waals surface area contributed by atoms with Crippen molar-refractivity contribution in [2.75, 3.05) is 46.4 Å². The van der Waals surface area contributed by atoms with Crippen molar-refractivity contribution >= 4 is 6.09 Å². The number of nitrogens with one attached hydrogen (secondary N) is 1. The zero-order valence-corrected chi connectivity index (χ0v) is 29.3. The molecule has 4 aliphatic carbocycles. The maximum absolute atomic E-state index is 12.7. The van der Waals surface area contributed by atoms with Crippen LogP contribution >= 0.6 is 0 Å². The van der Waals surface area contributed by atoms with Crippen molar-refractivity contribution in [3.05, 3.63) is 11.6 Å². The Morgan fingerprint density at radius 3 is 2.40 bits per heavy atom. The second-order valence-corrected chi connectivity index (χ2v) is 15.7. The Labute approximate surface area is 267 Å². The zero-order chi connectivity index (χ0) is 29.8. The van der Waals surface area contributed by atoms with Gasteiger partial charge in [0.2, 0.25) is 0 Å². The van der Waals surface area contributed by atoms with Crippen LogP contribution in [0.15, 0.2) is 11.6 Å². The van der Waals surface area contributed by atoms with Gasteiger partial charge in [0.25, 0.3) is 0 Å². The lowest BCUT2D eigenvalue weighted by atomic mass is 9.47. The fraction of sp³-hybridized carbons (Fsp3) is 0.914. The number of alkyl carbamates (subject to hydrolysis) is 1. The summed E-state index contributed by atoms with van der Waals surface area (Å²) in [6, 6.07) is 0. The van der Waals surface area contributed by atoms with Gasteiger partial charge >= 0.3 is 6.09 Å². The number of carbonyl (C=O) groups is 1. The van der Waals surface area contributed by atoms with Crippen LogP contribution in [0.2, 0.25) is 0 Å². The molecule has 0 aromatic heterocycles. The van der Waals surface area contributed by atoms with Crippen LogP contribution in [0.5, 0.6) is 0 Å². The average Bonchev–Trinajstić information content (AvgIpc) is 3.26. The fourth-order valence-electron chi connectivity index (χ4n) is 10.2. The topological polar surface area (TPSA) is 78.8 Å². The highest BCUT2D eigenvalue weighted by Crippen LogP contribution is 2.67. The van der Waals surface area contributed by atoms with E-state index in [-0.39, 0.29) is 47.8 Å². The molecule has 7 heteroatoms. The minimum Gasteiger partial charge on any atom is -1.00 e. The normalized spacial score (nSPS) is 34.9. The van der Waals surface area contributed by atoms with Crippen LogP contribution in [0.4, 0.5) is 4.79 Å². The predicted octanol–water partition coefficient (Wildman–Crippen LogP) is 3.56. The maximum atomic E-state index is 12.7. The standard InChI is InChI=1S/C35H62N2O4.BrH/c1-25(2)8-7-9-26(3)30-12-13-31-29-11-10-27-24-28(14-16-34(27,4)32(29)15-17-35(30,31)5)41-33(40)36-18-19-37(6,20-22-38)21-23-39;/h10,25-26,28-32,38-39H,7-9,11-24H2,1-6H3;1H/t26-,28+,29+,30-,31+,32+,34+,35-;/m1./s1. The molecular formula is C35H63BrN2O4. The first-order valence-electron chi connectivity index (χ1n) is 17.1. The minimum absolute atomic E-state index is 0. The van der Waals surface area contributed by atoms with Gasteiger partial charge in [0.15, 0.2) is 0 Å². The Bertz CT molecular complexity index is 905. The van der Waals surface area contributed by atoms with E-state index in [0.717, 1.165) is 54.8 Å². The van der Waals surface area contributed by atoms with Crippen LogP contribution < -0.4 is 22.3 Å². The number of hydrogen-bond acceptors (Lipinski definition) is 4. The van der Waals surface area contributed by atoms with Gasteiger partial charge in [0, 0.05) is 6.42 Å². The second-order valence-electron chi connectivity index (χ2n) is 15.7. The average molecular weight is 656 g/mol. The molecule has 0 unspecified atom stereocenters. The third kappa shape index (κ3) is 7.77. The number of quaternary nitrogens is 1. The lowest BCUT2D eigenvalue weighted by Crippen LogP contribution is -3.00. The van der Waals surface area contributed by atoms with Crippen molar-refractivity contribution in [2.45, 2.75) is 111 Å². The Morgan fingerprint density at radius 2 is 1.74 bits per heavy atom. The largest absolute Gasteiger partial charge is 1.00 e. The molecule has 244 valence electrons. The van der Waals surface area contributed by atoms with Crippen molar-refractivity contribution in [3.63, 3.8) is 0 Å². The summed E-state index contributed by atoms with van der Waals surface area (Å²) < 4.78 is 6.46. The molecule has 0 aliphatic heterocycles. The van der Waals surface area contributed by atoms with Crippen LogP contribution in [0.3, 0.4) is 0 Å². The number of amides is 1. The number of halogens is 1. The quantitative estimate of drug-likeness (QED) is 0.210. The zero-order valence-electron chi connectivity index (χ0n) is 27.7. The lowest BCUT2D eigenvalue weighted by molar-refractivity contribution is -0.908. The molecule has 3 fully saturated rings. The van der Waals surface area contributed by atoms with Crippen LogP contribution in [0.1, 0.15) is 105 Å². The van der Waals surface area contributed by atoms with Gasteiger partial charge in [-0.3, -0.25) is 0 Å². The van der Waals surface area contributed by atoms with Gasteiger partial charge in [-0.25, -0.2) is 4.79 Å². The number of hydrogen-bond donors (Lipinski definition) is 3. The van der Waals surface area contributed by atoms with Crippen molar-refractivity contribution in [2.24, 2.45) is 46.3 Å². The number of aliphatic hydroxyl groups excluding tert-OH is 2. The molecule has 4 rings (SSSR count).